The van der Waals surface area contributed by atoms with E-state index in [1.165, 1.54) is 0 Å². The summed E-state index contributed by atoms with van der Waals surface area (Å²) >= 11 is 0. The van der Waals surface area contributed by atoms with Gasteiger partial charge < -0.3 is 9.47 Å². The summed E-state index contributed by atoms with van der Waals surface area (Å²) in [5, 5.41) is 4.21. The van der Waals surface area contributed by atoms with Gasteiger partial charge in [-0.25, -0.2) is 8.42 Å². The lowest BCUT2D eigenvalue weighted by Gasteiger charge is -2.54. The summed E-state index contributed by atoms with van der Waals surface area (Å²) in [7, 11) is -1.78. The van der Waals surface area contributed by atoms with Crippen LogP contribution in [0.4, 0.5) is 0 Å². The van der Waals surface area contributed by atoms with Crippen molar-refractivity contribution in [3.05, 3.63) is 41.7 Å². The van der Waals surface area contributed by atoms with Gasteiger partial charge in [0.2, 0.25) is 10.0 Å². The lowest BCUT2D eigenvalue weighted by molar-refractivity contribution is -0.172. The molecule has 0 aliphatic carbocycles. The van der Waals surface area contributed by atoms with E-state index in [-0.39, 0.29) is 23.0 Å². The molecule has 3 aliphatic rings. The fourth-order valence-electron chi connectivity index (χ4n) is 5.62. The molecule has 0 amide bonds. The molecule has 0 bridgehead atoms. The van der Waals surface area contributed by atoms with Crippen LogP contribution in [-0.2, 0) is 21.8 Å². The third-order valence-electron chi connectivity index (χ3n) is 7.45. The van der Waals surface area contributed by atoms with Crippen LogP contribution in [0.15, 0.2) is 35.4 Å². The number of sulfonamides is 1. The van der Waals surface area contributed by atoms with Gasteiger partial charge in [-0.1, -0.05) is 18.2 Å². The van der Waals surface area contributed by atoms with Crippen LogP contribution in [0, 0.1) is 18.3 Å². The number of hydrogen-bond acceptors (Lipinski definition) is 5. The summed E-state index contributed by atoms with van der Waals surface area (Å²) in [4.78, 5) is 0.310. The SMILES string of the molecule is Cc1nn(C)cc1S(=O)(=O)N1CCC2(CC1)CO[C@@H]1c3ccccc3OC(C)(C)[C@H]1C2. The van der Waals surface area contributed by atoms with Crippen LogP contribution in [0.5, 0.6) is 5.75 Å². The molecule has 0 unspecified atom stereocenters. The third-order valence-corrected chi connectivity index (χ3v) is 9.45. The molecule has 1 aromatic carbocycles. The molecule has 4 heterocycles. The molecular formula is C23H31N3O4S. The van der Waals surface area contributed by atoms with Gasteiger partial charge in [0.05, 0.1) is 18.4 Å². The minimum absolute atomic E-state index is 0.00984. The number of hydrogen-bond donors (Lipinski definition) is 0. The van der Waals surface area contributed by atoms with Gasteiger partial charge in [0.25, 0.3) is 0 Å². The van der Waals surface area contributed by atoms with Crippen molar-refractivity contribution in [2.45, 2.75) is 56.6 Å². The molecule has 2 saturated heterocycles. The van der Waals surface area contributed by atoms with Crippen LogP contribution in [0.2, 0.25) is 0 Å². The first-order valence-electron chi connectivity index (χ1n) is 11.0. The number of piperidine rings is 1. The molecule has 8 heteroatoms. The van der Waals surface area contributed by atoms with Crippen molar-refractivity contribution in [1.29, 1.82) is 0 Å². The van der Waals surface area contributed by atoms with Gasteiger partial charge in [0.15, 0.2) is 0 Å². The number of nitrogens with zero attached hydrogens (tertiary/aromatic N) is 3. The summed E-state index contributed by atoms with van der Waals surface area (Å²) in [5.74, 6) is 1.15. The largest absolute Gasteiger partial charge is 0.487 e. The van der Waals surface area contributed by atoms with Crippen molar-refractivity contribution in [1.82, 2.24) is 14.1 Å². The van der Waals surface area contributed by atoms with Gasteiger partial charge >= 0.3 is 0 Å². The summed E-state index contributed by atoms with van der Waals surface area (Å²) in [6, 6.07) is 8.16. The molecule has 0 N–H and O–H groups in total. The second-order valence-electron chi connectivity index (χ2n) is 9.94. The Balaban J connectivity index is 1.35. The number of aryl methyl sites for hydroxylation is 2. The summed E-state index contributed by atoms with van der Waals surface area (Å²) in [5.41, 5.74) is 1.34. The van der Waals surface area contributed by atoms with Crippen LogP contribution in [0.3, 0.4) is 0 Å². The highest BCUT2D eigenvalue weighted by molar-refractivity contribution is 7.89. The minimum atomic E-state index is -3.53. The average molecular weight is 446 g/mol. The van der Waals surface area contributed by atoms with Crippen LogP contribution in [-0.4, -0.2) is 47.8 Å². The van der Waals surface area contributed by atoms with Gasteiger partial charge in [-0.2, -0.15) is 9.40 Å². The lowest BCUT2D eigenvalue weighted by Crippen LogP contribution is -2.54. The van der Waals surface area contributed by atoms with Crippen molar-refractivity contribution in [3.63, 3.8) is 0 Å². The van der Waals surface area contributed by atoms with Gasteiger partial charge in [-0.15, -0.1) is 0 Å². The fourth-order valence-corrected chi connectivity index (χ4v) is 7.26. The maximum absolute atomic E-state index is 13.2. The number of benzene rings is 1. The Kier molecular flexibility index (Phi) is 4.77. The number of ether oxygens (including phenoxy) is 2. The van der Waals surface area contributed by atoms with Gasteiger partial charge in [0, 0.05) is 37.8 Å². The van der Waals surface area contributed by atoms with E-state index in [9.17, 15) is 8.42 Å². The van der Waals surface area contributed by atoms with E-state index < -0.39 is 10.0 Å². The first kappa shape index (κ1) is 21.0. The maximum Gasteiger partial charge on any atom is 0.246 e. The fraction of sp³-hybridized carbons (Fsp3) is 0.609. The number of aromatic nitrogens is 2. The standard InChI is InChI=1S/C23H31N3O4S/c1-16-20(14-25(4)24-16)31(27,28)26-11-9-23(10-12-26)13-18-21(29-15-23)17-7-5-6-8-19(17)30-22(18,2)3/h5-8,14,18,21H,9-13,15H2,1-4H3/t18-,21+/m0/s1. The summed E-state index contributed by atoms with van der Waals surface area (Å²) < 4.78 is 42.4. The maximum atomic E-state index is 13.2. The minimum Gasteiger partial charge on any atom is -0.487 e. The highest BCUT2D eigenvalue weighted by Crippen LogP contribution is 2.55. The Morgan fingerprint density at radius 1 is 1.16 bits per heavy atom. The van der Waals surface area contributed by atoms with Crippen LogP contribution in [0.1, 0.15) is 50.5 Å². The zero-order valence-corrected chi connectivity index (χ0v) is 19.5. The molecule has 0 radical (unpaired) electrons. The van der Waals surface area contributed by atoms with E-state index in [0.29, 0.717) is 30.3 Å². The van der Waals surface area contributed by atoms with Gasteiger partial charge in [-0.3, -0.25) is 4.68 Å². The van der Waals surface area contributed by atoms with Gasteiger partial charge in [-0.05, 0) is 51.5 Å². The van der Waals surface area contributed by atoms with Crippen LogP contribution >= 0.6 is 0 Å². The first-order chi connectivity index (χ1) is 14.6. The van der Waals surface area contributed by atoms with E-state index in [2.05, 4.69) is 25.0 Å². The normalized spacial score (nSPS) is 27.4. The Labute approximate surface area is 184 Å². The smallest absolute Gasteiger partial charge is 0.246 e. The van der Waals surface area contributed by atoms with E-state index in [1.807, 2.05) is 18.2 Å². The molecule has 5 rings (SSSR count). The summed E-state index contributed by atoms with van der Waals surface area (Å²) in [6.07, 6.45) is 4.21. The molecule has 1 aromatic heterocycles. The third kappa shape index (κ3) is 3.39. The molecule has 0 saturated carbocycles. The molecule has 7 nitrogen and oxygen atoms in total. The molecular weight excluding hydrogens is 414 g/mol. The Morgan fingerprint density at radius 2 is 1.87 bits per heavy atom. The molecule has 2 atom stereocenters. The van der Waals surface area contributed by atoms with Crippen LogP contribution < -0.4 is 4.74 Å². The Hall–Kier alpha value is -1.90. The van der Waals surface area contributed by atoms with Crippen molar-refractivity contribution in [2.24, 2.45) is 18.4 Å². The van der Waals surface area contributed by atoms with E-state index >= 15 is 0 Å². The predicted molar refractivity (Wildman–Crippen MR) is 116 cm³/mol. The lowest BCUT2D eigenvalue weighted by atomic mass is 9.64. The molecule has 31 heavy (non-hydrogen) atoms. The number of rotatable bonds is 2. The highest BCUT2D eigenvalue weighted by Gasteiger charge is 2.53. The molecule has 3 aliphatic heterocycles. The Bertz CT molecular complexity index is 1100. The Morgan fingerprint density at radius 3 is 2.55 bits per heavy atom. The second-order valence-corrected chi connectivity index (χ2v) is 11.8. The molecule has 1 spiro atoms. The predicted octanol–water partition coefficient (Wildman–Crippen LogP) is 3.45. The molecule has 168 valence electrons. The summed E-state index contributed by atoms with van der Waals surface area (Å²) in [6.45, 7) is 7.72. The van der Waals surface area contributed by atoms with Crippen molar-refractivity contribution in [2.75, 3.05) is 19.7 Å². The van der Waals surface area contributed by atoms with Gasteiger partial charge in [0.1, 0.15) is 16.2 Å². The number of fused-ring (bicyclic) bond motifs is 3. The van der Waals surface area contributed by atoms with Crippen LogP contribution in [0.25, 0.3) is 0 Å². The van der Waals surface area contributed by atoms with E-state index in [4.69, 9.17) is 9.47 Å². The average Bonchev–Trinajstić information content (AvgIpc) is 3.07. The second kappa shape index (κ2) is 7.05. The number of para-hydroxylation sites is 1. The molecule has 2 fully saturated rings. The van der Waals surface area contributed by atoms with Crippen molar-refractivity contribution < 1.29 is 17.9 Å². The zero-order valence-electron chi connectivity index (χ0n) is 18.7. The topological polar surface area (TPSA) is 73.7 Å². The van der Waals surface area contributed by atoms with E-state index in [0.717, 1.165) is 30.6 Å². The first-order valence-corrected chi connectivity index (χ1v) is 12.5. The zero-order chi connectivity index (χ0) is 22.0. The quantitative estimate of drug-likeness (QED) is 0.708. The van der Waals surface area contributed by atoms with E-state index in [1.54, 1.807) is 29.2 Å². The van der Waals surface area contributed by atoms with Crippen molar-refractivity contribution >= 4 is 10.0 Å². The monoisotopic (exact) mass is 445 g/mol. The van der Waals surface area contributed by atoms with Crippen molar-refractivity contribution in [3.8, 4) is 5.75 Å². The highest BCUT2D eigenvalue weighted by atomic mass is 32.2. The molecule has 2 aromatic rings.